The Hall–Kier alpha value is -0.980. The van der Waals surface area contributed by atoms with E-state index in [0.29, 0.717) is 0 Å². The van der Waals surface area contributed by atoms with Crippen molar-refractivity contribution >= 4 is 0 Å². The predicted octanol–water partition coefficient (Wildman–Crippen LogP) is 2.80. The van der Waals surface area contributed by atoms with Crippen LogP contribution in [-0.4, -0.2) is 7.11 Å². The fraction of sp³-hybridized carbons (Fsp3) is 0.364. The molecule has 1 aliphatic carbocycles. The van der Waals surface area contributed by atoms with Crippen LogP contribution in [0, 0.1) is 5.92 Å². The van der Waals surface area contributed by atoms with E-state index in [9.17, 15) is 0 Å². The highest BCUT2D eigenvalue weighted by molar-refractivity contribution is 5.37. The van der Waals surface area contributed by atoms with Crippen LogP contribution < -0.4 is 4.74 Å². The van der Waals surface area contributed by atoms with E-state index in [1.165, 1.54) is 24.8 Å². The van der Waals surface area contributed by atoms with Crippen LogP contribution in [0.2, 0.25) is 0 Å². The Morgan fingerprint density at radius 3 is 2.17 bits per heavy atom. The third kappa shape index (κ3) is 1.31. The van der Waals surface area contributed by atoms with Crippen LogP contribution in [0.1, 0.15) is 24.8 Å². The Bertz CT molecular complexity index is 246. The van der Waals surface area contributed by atoms with Crippen molar-refractivity contribution < 1.29 is 4.74 Å². The highest BCUT2D eigenvalue weighted by Crippen LogP contribution is 2.35. The molecular formula is C11H13O. The minimum Gasteiger partial charge on any atom is -0.497 e. The molecule has 0 N–H and O–H groups in total. The van der Waals surface area contributed by atoms with Gasteiger partial charge in [-0.25, -0.2) is 0 Å². The van der Waals surface area contributed by atoms with Gasteiger partial charge in [-0.1, -0.05) is 18.6 Å². The van der Waals surface area contributed by atoms with Gasteiger partial charge in [0.15, 0.2) is 0 Å². The Balaban J connectivity index is 2.13. The summed E-state index contributed by atoms with van der Waals surface area (Å²) in [5.74, 6) is 2.54. The lowest BCUT2D eigenvalue weighted by molar-refractivity contribution is 0.414. The van der Waals surface area contributed by atoms with Crippen LogP contribution in [0.5, 0.6) is 5.75 Å². The summed E-state index contributed by atoms with van der Waals surface area (Å²) >= 11 is 0. The molecule has 0 aromatic heterocycles. The number of benzene rings is 1. The second kappa shape index (κ2) is 3.18. The van der Waals surface area contributed by atoms with Crippen LogP contribution in [0.25, 0.3) is 0 Å². The molecule has 1 radical (unpaired) electrons. The van der Waals surface area contributed by atoms with Gasteiger partial charge >= 0.3 is 0 Å². The van der Waals surface area contributed by atoms with E-state index in [1.807, 2.05) is 12.1 Å². The van der Waals surface area contributed by atoms with E-state index in [-0.39, 0.29) is 0 Å². The molecule has 0 unspecified atom stereocenters. The zero-order valence-electron chi connectivity index (χ0n) is 7.34. The summed E-state index contributed by atoms with van der Waals surface area (Å²) in [6.07, 6.45) is 3.93. The Kier molecular flexibility index (Phi) is 2.03. The number of hydrogen-bond donors (Lipinski definition) is 0. The molecule has 0 aliphatic heterocycles. The third-order valence-electron chi connectivity index (χ3n) is 2.46. The topological polar surface area (TPSA) is 9.23 Å². The molecule has 1 saturated carbocycles. The normalized spacial score (nSPS) is 17.1. The number of methoxy groups -OCH3 is 1. The minimum atomic E-state index is 0.943. The first-order valence-electron chi connectivity index (χ1n) is 4.39. The lowest BCUT2D eigenvalue weighted by Gasteiger charge is -2.24. The minimum absolute atomic E-state index is 0.943. The molecule has 2 rings (SSSR count). The fourth-order valence-electron chi connectivity index (χ4n) is 1.47. The first-order valence-corrected chi connectivity index (χ1v) is 4.39. The van der Waals surface area contributed by atoms with E-state index in [2.05, 4.69) is 12.1 Å². The first-order chi connectivity index (χ1) is 5.90. The average Bonchev–Trinajstić information content (AvgIpc) is 2.03. The second-order valence-corrected chi connectivity index (χ2v) is 3.19. The molecule has 0 heterocycles. The van der Waals surface area contributed by atoms with Crippen molar-refractivity contribution in [1.29, 1.82) is 0 Å². The number of rotatable bonds is 2. The van der Waals surface area contributed by atoms with Gasteiger partial charge < -0.3 is 4.74 Å². The van der Waals surface area contributed by atoms with E-state index >= 15 is 0 Å². The molecule has 0 atom stereocenters. The van der Waals surface area contributed by atoms with E-state index in [0.717, 1.165) is 5.75 Å². The lowest BCUT2D eigenvalue weighted by Crippen LogP contribution is -2.09. The van der Waals surface area contributed by atoms with Crippen molar-refractivity contribution in [1.82, 2.24) is 0 Å². The summed E-state index contributed by atoms with van der Waals surface area (Å²) in [5.41, 5.74) is 1.39. The monoisotopic (exact) mass is 161 g/mol. The Morgan fingerprint density at radius 2 is 1.75 bits per heavy atom. The molecule has 0 spiro atoms. The van der Waals surface area contributed by atoms with Gasteiger partial charge in [0.05, 0.1) is 7.11 Å². The van der Waals surface area contributed by atoms with Gasteiger partial charge in [0, 0.05) is 5.92 Å². The molecule has 0 bridgehead atoms. The van der Waals surface area contributed by atoms with Crippen molar-refractivity contribution in [2.45, 2.75) is 19.3 Å². The maximum Gasteiger partial charge on any atom is 0.118 e. The maximum atomic E-state index is 5.09. The van der Waals surface area contributed by atoms with Crippen molar-refractivity contribution in [2.24, 2.45) is 0 Å². The van der Waals surface area contributed by atoms with Gasteiger partial charge in [0.1, 0.15) is 5.75 Å². The van der Waals surface area contributed by atoms with Crippen LogP contribution in [0.3, 0.4) is 0 Å². The molecule has 0 amide bonds. The molecule has 12 heavy (non-hydrogen) atoms. The van der Waals surface area contributed by atoms with E-state index in [1.54, 1.807) is 13.0 Å². The maximum absolute atomic E-state index is 5.09. The van der Waals surface area contributed by atoms with Crippen molar-refractivity contribution in [3.8, 4) is 5.75 Å². The molecule has 1 fully saturated rings. The zero-order chi connectivity index (χ0) is 8.39. The molecule has 1 heteroatoms. The lowest BCUT2D eigenvalue weighted by atomic mass is 9.80. The molecule has 1 nitrogen and oxygen atoms in total. The standard InChI is InChI=1S/C11H13O/c1-12-11-7-5-10(6-8-11)9-3-2-4-9/h5-8H,2-4H2,1H3. The molecule has 1 aliphatic rings. The first kappa shape index (κ1) is 7.66. The van der Waals surface area contributed by atoms with Crippen molar-refractivity contribution in [2.75, 3.05) is 7.11 Å². The SMILES string of the molecule is COc1ccc([C]2CCC2)cc1. The summed E-state index contributed by atoms with van der Waals surface area (Å²) in [7, 11) is 1.70. The number of ether oxygens (including phenoxy) is 1. The van der Waals surface area contributed by atoms with Gasteiger partial charge in [-0.15, -0.1) is 0 Å². The van der Waals surface area contributed by atoms with E-state index in [4.69, 9.17) is 4.74 Å². The summed E-state index contributed by atoms with van der Waals surface area (Å²) in [4.78, 5) is 0. The molecule has 0 saturated heterocycles. The quantitative estimate of drug-likeness (QED) is 0.648. The van der Waals surface area contributed by atoms with Crippen LogP contribution in [-0.2, 0) is 0 Å². The molecule has 1 aromatic rings. The van der Waals surface area contributed by atoms with Gasteiger partial charge in [0.2, 0.25) is 0 Å². The van der Waals surface area contributed by atoms with Gasteiger partial charge in [0.25, 0.3) is 0 Å². The summed E-state index contributed by atoms with van der Waals surface area (Å²) in [5, 5.41) is 0. The predicted molar refractivity (Wildman–Crippen MR) is 49.2 cm³/mol. The molecule has 1 aromatic carbocycles. The molecular weight excluding hydrogens is 148 g/mol. The Labute approximate surface area is 73.4 Å². The summed E-state index contributed by atoms with van der Waals surface area (Å²) in [6, 6.07) is 8.35. The number of hydrogen-bond acceptors (Lipinski definition) is 1. The van der Waals surface area contributed by atoms with Gasteiger partial charge in [-0.05, 0) is 30.5 Å². The highest BCUT2D eigenvalue weighted by atomic mass is 16.5. The zero-order valence-corrected chi connectivity index (χ0v) is 7.34. The fourth-order valence-corrected chi connectivity index (χ4v) is 1.47. The summed E-state index contributed by atoms with van der Waals surface area (Å²) in [6.45, 7) is 0. The third-order valence-corrected chi connectivity index (χ3v) is 2.46. The smallest absolute Gasteiger partial charge is 0.118 e. The van der Waals surface area contributed by atoms with E-state index < -0.39 is 0 Å². The van der Waals surface area contributed by atoms with Gasteiger partial charge in [-0.3, -0.25) is 0 Å². The summed E-state index contributed by atoms with van der Waals surface area (Å²) < 4.78 is 5.09. The van der Waals surface area contributed by atoms with Crippen LogP contribution in [0.4, 0.5) is 0 Å². The van der Waals surface area contributed by atoms with Crippen LogP contribution >= 0.6 is 0 Å². The largest absolute Gasteiger partial charge is 0.497 e. The van der Waals surface area contributed by atoms with Crippen molar-refractivity contribution in [3.05, 3.63) is 35.7 Å². The highest BCUT2D eigenvalue weighted by Gasteiger charge is 2.19. The van der Waals surface area contributed by atoms with Crippen molar-refractivity contribution in [3.63, 3.8) is 0 Å². The Morgan fingerprint density at radius 1 is 1.08 bits per heavy atom. The van der Waals surface area contributed by atoms with Gasteiger partial charge in [-0.2, -0.15) is 0 Å². The average molecular weight is 161 g/mol. The second-order valence-electron chi connectivity index (χ2n) is 3.19. The van der Waals surface area contributed by atoms with Crippen LogP contribution in [0.15, 0.2) is 24.3 Å². The molecule has 63 valence electrons.